The van der Waals surface area contributed by atoms with Gasteiger partial charge in [0, 0.05) is 18.8 Å². The molecule has 6 nitrogen and oxygen atoms in total. The van der Waals surface area contributed by atoms with Crippen LogP contribution in [0.3, 0.4) is 0 Å². The molecule has 1 unspecified atom stereocenters. The molecule has 0 saturated heterocycles. The van der Waals surface area contributed by atoms with Crippen molar-refractivity contribution in [3.8, 4) is 0 Å². The molecule has 1 rings (SSSR count). The molecule has 19 heavy (non-hydrogen) atoms. The smallest absolute Gasteiger partial charge is 0.337 e. The first-order chi connectivity index (χ1) is 8.71. The number of nitrogens with zero attached hydrogens (tertiary/aromatic N) is 1. The Morgan fingerprint density at radius 1 is 1.47 bits per heavy atom. The Morgan fingerprint density at radius 2 is 2.05 bits per heavy atom. The molecule has 0 aliphatic heterocycles. The van der Waals surface area contributed by atoms with Gasteiger partial charge in [0.25, 0.3) is 0 Å². The first-order valence-electron chi connectivity index (χ1n) is 5.82. The molecule has 1 aromatic carbocycles. The molecule has 0 spiro atoms. The monoisotopic (exact) mass is 286 g/mol. The molecule has 0 fully saturated rings. The molecule has 0 heterocycles. The third kappa shape index (κ3) is 3.05. The zero-order chi connectivity index (χ0) is 14.8. The molecular weight excluding hydrogens is 268 g/mol. The number of nitrogens with two attached hydrogens (primary N) is 1. The van der Waals surface area contributed by atoms with Gasteiger partial charge in [-0.2, -0.15) is 4.31 Å². The minimum atomic E-state index is -3.88. The number of benzene rings is 1. The van der Waals surface area contributed by atoms with Crippen LogP contribution in [-0.2, 0) is 10.0 Å². The van der Waals surface area contributed by atoms with Gasteiger partial charge in [-0.3, -0.25) is 0 Å². The van der Waals surface area contributed by atoms with Crippen LogP contribution < -0.4 is 5.73 Å². The summed E-state index contributed by atoms with van der Waals surface area (Å²) in [6.07, 6.45) is 0.625. The third-order valence-electron chi connectivity index (χ3n) is 3.10. The number of sulfonamides is 1. The molecule has 0 radical (unpaired) electrons. The summed E-state index contributed by atoms with van der Waals surface area (Å²) in [7, 11) is -2.45. The van der Waals surface area contributed by atoms with E-state index in [2.05, 4.69) is 0 Å². The SMILES string of the molecule is CCC(C)N(C)S(=O)(=O)c1cc(N)ccc1C(=O)O. The lowest BCUT2D eigenvalue weighted by Crippen LogP contribution is -2.35. The van der Waals surface area contributed by atoms with Crippen LogP contribution in [0.5, 0.6) is 0 Å². The average molecular weight is 286 g/mol. The van der Waals surface area contributed by atoms with Gasteiger partial charge < -0.3 is 10.8 Å². The molecule has 0 amide bonds. The fourth-order valence-electron chi connectivity index (χ4n) is 1.58. The highest BCUT2D eigenvalue weighted by Crippen LogP contribution is 2.24. The van der Waals surface area contributed by atoms with Gasteiger partial charge in [0.15, 0.2) is 0 Å². The lowest BCUT2D eigenvalue weighted by molar-refractivity contribution is 0.0692. The summed E-state index contributed by atoms with van der Waals surface area (Å²) in [6, 6.07) is 3.52. The largest absolute Gasteiger partial charge is 0.478 e. The van der Waals surface area contributed by atoms with E-state index in [1.807, 2.05) is 6.92 Å². The first kappa shape index (κ1) is 15.5. The Balaban J connectivity index is 3.43. The molecule has 0 saturated carbocycles. The van der Waals surface area contributed by atoms with Crippen molar-refractivity contribution in [1.82, 2.24) is 4.31 Å². The summed E-state index contributed by atoms with van der Waals surface area (Å²) >= 11 is 0. The Bertz CT molecular complexity index is 583. The van der Waals surface area contributed by atoms with Crippen molar-refractivity contribution < 1.29 is 18.3 Å². The second-order valence-corrected chi connectivity index (χ2v) is 6.31. The van der Waals surface area contributed by atoms with Crippen molar-refractivity contribution in [3.05, 3.63) is 23.8 Å². The van der Waals surface area contributed by atoms with Crippen molar-refractivity contribution in [2.45, 2.75) is 31.2 Å². The van der Waals surface area contributed by atoms with Crippen LogP contribution in [0.15, 0.2) is 23.1 Å². The number of anilines is 1. The van der Waals surface area contributed by atoms with Crippen LogP contribution in [0.4, 0.5) is 5.69 Å². The van der Waals surface area contributed by atoms with E-state index in [-0.39, 0.29) is 22.2 Å². The van der Waals surface area contributed by atoms with Gasteiger partial charge in [-0.15, -0.1) is 0 Å². The normalized spacial score (nSPS) is 13.5. The second kappa shape index (κ2) is 5.58. The number of nitrogen functional groups attached to an aromatic ring is 1. The fraction of sp³-hybridized carbons (Fsp3) is 0.417. The number of carbonyl (C=O) groups is 1. The maximum absolute atomic E-state index is 12.4. The van der Waals surface area contributed by atoms with E-state index in [1.54, 1.807) is 6.92 Å². The van der Waals surface area contributed by atoms with Gasteiger partial charge in [-0.1, -0.05) is 6.92 Å². The molecule has 0 aliphatic carbocycles. The second-order valence-electron chi connectivity index (χ2n) is 4.34. The third-order valence-corrected chi connectivity index (χ3v) is 5.12. The molecule has 106 valence electrons. The van der Waals surface area contributed by atoms with E-state index in [4.69, 9.17) is 10.8 Å². The van der Waals surface area contributed by atoms with Crippen molar-refractivity contribution >= 4 is 21.7 Å². The van der Waals surface area contributed by atoms with Gasteiger partial charge in [-0.05, 0) is 31.5 Å². The van der Waals surface area contributed by atoms with E-state index < -0.39 is 16.0 Å². The molecule has 1 atom stereocenters. The number of aromatic carboxylic acids is 1. The Labute approximate surface area is 112 Å². The number of hydrogen-bond donors (Lipinski definition) is 2. The van der Waals surface area contributed by atoms with Crippen LogP contribution in [0.25, 0.3) is 0 Å². The Hall–Kier alpha value is -1.60. The van der Waals surface area contributed by atoms with Gasteiger partial charge >= 0.3 is 5.97 Å². The topological polar surface area (TPSA) is 101 Å². The molecular formula is C12H18N2O4S. The molecule has 0 bridgehead atoms. The number of hydrogen-bond acceptors (Lipinski definition) is 4. The van der Waals surface area contributed by atoms with Crippen molar-refractivity contribution in [2.24, 2.45) is 0 Å². The first-order valence-corrected chi connectivity index (χ1v) is 7.26. The van der Waals surface area contributed by atoms with E-state index in [0.29, 0.717) is 6.42 Å². The number of rotatable bonds is 5. The number of carboxylic acid groups (broad SMARTS) is 1. The minimum Gasteiger partial charge on any atom is -0.478 e. The lowest BCUT2D eigenvalue weighted by atomic mass is 10.2. The highest BCUT2D eigenvalue weighted by atomic mass is 32.2. The van der Waals surface area contributed by atoms with Gasteiger partial charge in [0.1, 0.15) is 0 Å². The van der Waals surface area contributed by atoms with E-state index in [1.165, 1.54) is 25.2 Å². The van der Waals surface area contributed by atoms with Gasteiger partial charge in [0.05, 0.1) is 10.5 Å². The summed E-state index contributed by atoms with van der Waals surface area (Å²) in [5.41, 5.74) is 5.49. The highest BCUT2D eigenvalue weighted by molar-refractivity contribution is 7.89. The predicted molar refractivity (Wildman–Crippen MR) is 72.5 cm³/mol. The van der Waals surface area contributed by atoms with Crippen LogP contribution in [0, 0.1) is 0 Å². The van der Waals surface area contributed by atoms with Crippen LogP contribution in [0.2, 0.25) is 0 Å². The molecule has 1 aromatic rings. The predicted octanol–water partition coefficient (Wildman–Crippen LogP) is 1.39. The van der Waals surface area contributed by atoms with Crippen LogP contribution >= 0.6 is 0 Å². The van der Waals surface area contributed by atoms with Crippen molar-refractivity contribution in [1.29, 1.82) is 0 Å². The Morgan fingerprint density at radius 3 is 2.53 bits per heavy atom. The minimum absolute atomic E-state index is 0.209. The summed E-state index contributed by atoms with van der Waals surface area (Å²) < 4.78 is 26.0. The summed E-state index contributed by atoms with van der Waals surface area (Å²) in [4.78, 5) is 10.8. The van der Waals surface area contributed by atoms with Crippen molar-refractivity contribution in [2.75, 3.05) is 12.8 Å². The quantitative estimate of drug-likeness (QED) is 0.796. The summed E-state index contributed by atoms with van der Waals surface area (Å²) in [6.45, 7) is 3.61. The Kier molecular flexibility index (Phi) is 4.54. The van der Waals surface area contributed by atoms with E-state index in [0.717, 1.165) is 4.31 Å². The van der Waals surface area contributed by atoms with Crippen LogP contribution in [0.1, 0.15) is 30.6 Å². The fourth-order valence-corrected chi connectivity index (χ4v) is 3.23. The van der Waals surface area contributed by atoms with Crippen LogP contribution in [-0.4, -0.2) is 36.9 Å². The lowest BCUT2D eigenvalue weighted by Gasteiger charge is -2.24. The molecule has 7 heteroatoms. The molecule has 3 N–H and O–H groups in total. The van der Waals surface area contributed by atoms with Gasteiger partial charge in [0.2, 0.25) is 10.0 Å². The molecule has 0 aliphatic rings. The average Bonchev–Trinajstić information content (AvgIpc) is 2.36. The maximum Gasteiger partial charge on any atom is 0.337 e. The van der Waals surface area contributed by atoms with Crippen molar-refractivity contribution in [3.63, 3.8) is 0 Å². The van der Waals surface area contributed by atoms with E-state index >= 15 is 0 Å². The summed E-state index contributed by atoms with van der Waals surface area (Å²) in [5, 5.41) is 9.07. The number of carboxylic acids is 1. The molecule has 0 aromatic heterocycles. The van der Waals surface area contributed by atoms with Gasteiger partial charge in [-0.25, -0.2) is 13.2 Å². The zero-order valence-corrected chi connectivity index (χ0v) is 11.9. The maximum atomic E-state index is 12.4. The van der Waals surface area contributed by atoms with E-state index in [9.17, 15) is 13.2 Å². The highest BCUT2D eigenvalue weighted by Gasteiger charge is 2.29. The standard InChI is InChI=1S/C12H18N2O4S/c1-4-8(2)14(3)19(17,18)11-7-9(13)5-6-10(11)12(15)16/h5-8H,4,13H2,1-3H3,(H,15,16). The zero-order valence-electron chi connectivity index (χ0n) is 11.1. The summed E-state index contributed by atoms with van der Waals surface area (Å²) in [5.74, 6) is -1.30.